The van der Waals surface area contributed by atoms with Crippen LogP contribution in [0.25, 0.3) is 11.2 Å². The quantitative estimate of drug-likeness (QED) is 0.0802. The van der Waals surface area contributed by atoms with Crippen molar-refractivity contribution in [3.8, 4) is 0 Å². The Morgan fingerprint density at radius 1 is 0.836 bits per heavy atom. The van der Waals surface area contributed by atoms with Gasteiger partial charge in [0.05, 0.1) is 12.9 Å². The van der Waals surface area contributed by atoms with E-state index in [1.54, 1.807) is 7.11 Å². The van der Waals surface area contributed by atoms with E-state index in [1.807, 2.05) is 6.33 Å². The normalized spacial score (nSPS) is 21.2. The lowest BCUT2D eigenvalue weighted by Crippen LogP contribution is -2.54. The van der Waals surface area contributed by atoms with Crippen molar-refractivity contribution in [1.29, 1.82) is 0 Å². The highest BCUT2D eigenvalue weighted by molar-refractivity contribution is 6.74. The molecular weight excluding hydrogens is 721 g/mol. The average molecular weight is 787 g/mol. The lowest BCUT2D eigenvalue weighted by atomic mass is 9.91. The maximum absolute atomic E-state index is 7.38. The fraction of sp³-hybridized carbons (Fsp3) is 0.605. The molecule has 300 valence electrons. The summed E-state index contributed by atoms with van der Waals surface area (Å²) in [6.45, 7) is 25.7. The topological polar surface area (TPSA) is 105 Å². The first-order valence-electron chi connectivity index (χ1n) is 20.3. The molecule has 0 spiro atoms. The molecule has 55 heavy (non-hydrogen) atoms. The smallest absolute Gasteiger partial charge is 0.192 e. The van der Waals surface area contributed by atoms with E-state index in [0.717, 1.165) is 36.3 Å². The van der Waals surface area contributed by atoms with E-state index in [-0.39, 0.29) is 28.2 Å². The first-order chi connectivity index (χ1) is 26.0. The molecule has 0 bridgehead atoms. The molecule has 3 heterocycles. The van der Waals surface area contributed by atoms with E-state index in [9.17, 15) is 0 Å². The van der Waals surface area contributed by atoms with Crippen LogP contribution in [0.4, 0.5) is 5.82 Å². The van der Waals surface area contributed by atoms with Crippen LogP contribution in [0.3, 0.4) is 0 Å². The van der Waals surface area contributed by atoms with Crippen molar-refractivity contribution >= 4 is 33.6 Å². The molecule has 10 nitrogen and oxygen atoms in total. The molecule has 2 N–H and O–H groups in total. The van der Waals surface area contributed by atoms with Gasteiger partial charge in [-0.1, -0.05) is 102 Å². The lowest BCUT2D eigenvalue weighted by Gasteiger charge is -2.44. The molecule has 0 amide bonds. The molecule has 2 fully saturated rings. The van der Waals surface area contributed by atoms with Crippen LogP contribution in [-0.2, 0) is 24.7 Å². The minimum atomic E-state index is -2.32. The third-order valence-corrected chi connectivity index (χ3v) is 21.3. The van der Waals surface area contributed by atoms with Crippen LogP contribution in [0.5, 0.6) is 0 Å². The molecule has 6 rings (SSSR count). The molecule has 1 aliphatic carbocycles. The summed E-state index contributed by atoms with van der Waals surface area (Å²) in [4.78, 5) is 15.4. The molecule has 4 aromatic rings. The van der Waals surface area contributed by atoms with Crippen molar-refractivity contribution in [3.63, 3.8) is 0 Å². The van der Waals surface area contributed by atoms with Crippen LogP contribution in [-0.4, -0.2) is 87.8 Å². The number of nitrogens with one attached hydrogen (secondary N) is 2. The summed E-state index contributed by atoms with van der Waals surface area (Å²) in [6, 6.07) is 21.3. The number of hydrogen-bond donors (Lipinski definition) is 2. The number of aromatic nitrogens is 4. The molecule has 1 aliphatic heterocycles. The Balaban J connectivity index is 1.41. The van der Waals surface area contributed by atoms with E-state index < -0.39 is 29.0 Å². The SMILES string of the molecule is COC[C@H]1O[C@@H](n2cnc3c(NCC(c4ccccc4)c4ccccc4)nc(CCNCC4CC4)nc32)[C@H](O[Si](C)(C)C(C)(C)C)[C@@H]1O[Si](C)(C)C(C)(C)C. The Bertz CT molecular complexity index is 1800. The summed E-state index contributed by atoms with van der Waals surface area (Å²) in [7, 11) is -2.85. The van der Waals surface area contributed by atoms with E-state index in [4.69, 9.17) is 33.3 Å². The summed E-state index contributed by atoms with van der Waals surface area (Å²) in [5.41, 5.74) is 3.91. The highest BCUT2D eigenvalue weighted by Crippen LogP contribution is 2.46. The zero-order chi connectivity index (χ0) is 39.6. The number of benzene rings is 2. The molecule has 4 atom stereocenters. The number of imidazole rings is 1. The molecule has 2 aliphatic rings. The summed E-state index contributed by atoms with van der Waals surface area (Å²) < 4.78 is 29.5. The minimum absolute atomic E-state index is 0.000463. The second kappa shape index (κ2) is 16.9. The van der Waals surface area contributed by atoms with Crippen molar-refractivity contribution in [2.45, 2.75) is 128 Å². The number of fused-ring (bicyclic) bond motifs is 1. The predicted octanol–water partition coefficient (Wildman–Crippen LogP) is 8.94. The number of hydrogen-bond acceptors (Lipinski definition) is 9. The van der Waals surface area contributed by atoms with Crippen molar-refractivity contribution in [1.82, 2.24) is 24.8 Å². The summed E-state index contributed by atoms with van der Waals surface area (Å²) in [6.07, 6.45) is 3.59. The predicted molar refractivity (Wildman–Crippen MR) is 228 cm³/mol. The zero-order valence-electron chi connectivity index (χ0n) is 35.2. The van der Waals surface area contributed by atoms with Crippen molar-refractivity contribution in [2.75, 3.05) is 38.7 Å². The van der Waals surface area contributed by atoms with Crippen molar-refractivity contribution in [3.05, 3.63) is 83.9 Å². The zero-order valence-corrected chi connectivity index (χ0v) is 37.2. The first-order valence-corrected chi connectivity index (χ1v) is 26.1. The second-order valence-electron chi connectivity index (χ2n) is 18.7. The summed E-state index contributed by atoms with van der Waals surface area (Å²) in [5, 5.41) is 7.36. The van der Waals surface area contributed by atoms with Gasteiger partial charge in [-0.2, -0.15) is 0 Å². The maximum atomic E-state index is 7.38. The highest BCUT2D eigenvalue weighted by Gasteiger charge is 2.54. The largest absolute Gasteiger partial charge is 0.408 e. The number of ether oxygens (including phenoxy) is 2. The molecule has 1 saturated heterocycles. The van der Waals surface area contributed by atoms with Gasteiger partial charge in [-0.05, 0) is 72.7 Å². The lowest BCUT2D eigenvalue weighted by molar-refractivity contribution is -0.0562. The van der Waals surface area contributed by atoms with Crippen molar-refractivity contribution in [2.24, 2.45) is 5.92 Å². The van der Waals surface area contributed by atoms with Gasteiger partial charge in [0, 0.05) is 32.5 Å². The Morgan fingerprint density at radius 2 is 1.42 bits per heavy atom. The average Bonchev–Trinajstić information content (AvgIpc) is 3.78. The fourth-order valence-corrected chi connectivity index (χ4v) is 9.35. The Kier molecular flexibility index (Phi) is 12.8. The van der Waals surface area contributed by atoms with Crippen LogP contribution < -0.4 is 10.6 Å². The van der Waals surface area contributed by atoms with Crippen LogP contribution in [0, 0.1) is 5.92 Å². The van der Waals surface area contributed by atoms with Gasteiger partial charge in [-0.15, -0.1) is 0 Å². The number of anilines is 1. The van der Waals surface area contributed by atoms with Crippen LogP contribution in [0.1, 0.15) is 83.5 Å². The van der Waals surface area contributed by atoms with Gasteiger partial charge in [0.2, 0.25) is 0 Å². The second-order valence-corrected chi connectivity index (χ2v) is 28.2. The molecule has 1 saturated carbocycles. The van der Waals surface area contributed by atoms with E-state index in [0.29, 0.717) is 25.1 Å². The van der Waals surface area contributed by atoms with Crippen LogP contribution in [0.15, 0.2) is 67.0 Å². The standard InChI is InChI=1S/C43H66N6O4Si2/c1-42(2,3)54(8,9)52-37-34(28-50-7)51-41(38(37)53-55(10,11)43(4,5)6)49-29-46-36-39(47-35(48-40(36)49)24-25-44-26-30-22-23-30)45-27-33(31-18-14-12-15-19-31)32-20-16-13-17-21-32/h12-21,29-30,33-34,37-38,41,44H,22-28H2,1-11H3,(H,45,47,48)/t34-,37-,38-,41-/m1/s1. The number of methoxy groups -OCH3 is 1. The van der Waals surface area contributed by atoms with Gasteiger partial charge < -0.3 is 29.0 Å². The number of nitrogens with zero attached hydrogens (tertiary/aromatic N) is 4. The third-order valence-electron chi connectivity index (χ3n) is 12.4. The minimum Gasteiger partial charge on any atom is -0.408 e. The third kappa shape index (κ3) is 9.77. The Hall–Kier alpha value is -2.98. The molecule has 0 unspecified atom stereocenters. The summed E-state index contributed by atoms with van der Waals surface area (Å²) in [5.74, 6) is 2.40. The fourth-order valence-electron chi connectivity index (χ4n) is 6.74. The first kappa shape index (κ1) is 41.7. The van der Waals surface area contributed by atoms with Gasteiger partial charge in [-0.3, -0.25) is 4.57 Å². The van der Waals surface area contributed by atoms with Crippen LogP contribution >= 0.6 is 0 Å². The Morgan fingerprint density at radius 3 is 1.96 bits per heavy atom. The van der Waals surface area contributed by atoms with E-state index in [1.165, 1.54) is 24.0 Å². The maximum Gasteiger partial charge on any atom is 0.192 e. The number of rotatable bonds is 17. The summed E-state index contributed by atoms with van der Waals surface area (Å²) >= 11 is 0. The van der Waals surface area contributed by atoms with Gasteiger partial charge in [0.25, 0.3) is 0 Å². The van der Waals surface area contributed by atoms with Gasteiger partial charge >= 0.3 is 0 Å². The van der Waals surface area contributed by atoms with E-state index in [2.05, 4.69) is 144 Å². The van der Waals surface area contributed by atoms with Gasteiger partial charge in [-0.25, -0.2) is 15.0 Å². The molecule has 0 radical (unpaired) electrons. The van der Waals surface area contributed by atoms with Crippen molar-refractivity contribution < 1.29 is 18.3 Å². The van der Waals surface area contributed by atoms with Gasteiger partial charge in [0.1, 0.15) is 24.1 Å². The van der Waals surface area contributed by atoms with Crippen LogP contribution in [0.2, 0.25) is 36.3 Å². The molecule has 12 heteroatoms. The molecule has 2 aromatic carbocycles. The molecular formula is C43H66N6O4Si2. The monoisotopic (exact) mass is 786 g/mol. The Labute approximate surface area is 331 Å². The van der Waals surface area contributed by atoms with Gasteiger partial charge in [0.15, 0.2) is 39.8 Å². The molecule has 2 aromatic heterocycles. The highest BCUT2D eigenvalue weighted by atomic mass is 28.4. The van der Waals surface area contributed by atoms with E-state index >= 15 is 0 Å².